The first kappa shape index (κ1) is 30.0. The predicted octanol–water partition coefficient (Wildman–Crippen LogP) is 3.09. The number of likely N-dealkylation sites (tertiary alicyclic amines) is 1. The average molecular weight is 640 g/mol. The van der Waals surface area contributed by atoms with Crippen LogP contribution in [0.15, 0.2) is 53.7 Å². The molecule has 3 aromatic heterocycles. The van der Waals surface area contributed by atoms with Gasteiger partial charge in [-0.25, -0.2) is 28.9 Å². The monoisotopic (exact) mass is 639 g/mol. The van der Waals surface area contributed by atoms with Crippen LogP contribution in [-0.2, 0) is 17.9 Å². The van der Waals surface area contributed by atoms with Crippen LogP contribution in [0.2, 0.25) is 10.0 Å². The molecule has 0 spiro atoms. The number of carboxylic acid groups (broad SMARTS) is 1. The highest BCUT2D eigenvalue weighted by molar-refractivity contribution is 6.32. The molecule has 1 fully saturated rings. The molecule has 2 atom stereocenters. The summed E-state index contributed by atoms with van der Waals surface area (Å²) >= 11 is 12.1. The van der Waals surface area contributed by atoms with Gasteiger partial charge in [0, 0.05) is 29.9 Å². The molecule has 2 N–H and O–H groups in total. The highest BCUT2D eigenvalue weighted by Gasteiger charge is 2.43. The molecule has 1 aliphatic heterocycles. The Morgan fingerprint density at radius 2 is 1.86 bits per heavy atom. The van der Waals surface area contributed by atoms with Gasteiger partial charge in [-0.2, -0.15) is 13.2 Å². The summed E-state index contributed by atoms with van der Waals surface area (Å²) in [6.45, 7) is -1.52. The molecule has 13 nitrogen and oxygen atoms in total. The average Bonchev–Trinajstić information content (AvgIpc) is 3.70. The quantitative estimate of drug-likeness (QED) is 0.298. The van der Waals surface area contributed by atoms with Gasteiger partial charge in [0.2, 0.25) is 5.91 Å². The van der Waals surface area contributed by atoms with E-state index in [9.17, 15) is 27.6 Å². The third-order valence-corrected chi connectivity index (χ3v) is 7.27. The lowest BCUT2D eigenvalue weighted by molar-refractivity contribution is -0.165. The largest absolute Gasteiger partial charge is 0.465 e. The van der Waals surface area contributed by atoms with E-state index < -0.39 is 42.4 Å². The maximum Gasteiger partial charge on any atom is 0.410 e. The molecule has 43 heavy (non-hydrogen) atoms. The normalized spacial score (nSPS) is 15.9. The summed E-state index contributed by atoms with van der Waals surface area (Å²) in [4.78, 5) is 46.6. The van der Waals surface area contributed by atoms with Crippen LogP contribution in [0.5, 0.6) is 0 Å². The van der Waals surface area contributed by atoms with Gasteiger partial charge in [0.15, 0.2) is 17.5 Å². The molecule has 1 aromatic carbocycles. The van der Waals surface area contributed by atoms with Crippen molar-refractivity contribution in [2.24, 2.45) is 5.92 Å². The second kappa shape index (κ2) is 12.0. The van der Waals surface area contributed by atoms with E-state index in [1.807, 2.05) is 5.32 Å². The number of hydrogen-bond acceptors (Lipinski definition) is 7. The molecule has 4 aromatic rings. The maximum atomic E-state index is 14.2. The number of benzene rings is 1. The second-order valence-electron chi connectivity index (χ2n) is 9.61. The molecule has 5 rings (SSSR count). The summed E-state index contributed by atoms with van der Waals surface area (Å²) in [5.74, 6) is -1.68. The second-order valence-corrected chi connectivity index (χ2v) is 10.5. The van der Waals surface area contributed by atoms with Gasteiger partial charge in [0.05, 0.1) is 17.5 Å². The summed E-state index contributed by atoms with van der Waals surface area (Å²) in [5.41, 5.74) is -0.627. The van der Waals surface area contributed by atoms with E-state index in [0.717, 1.165) is 14.1 Å². The fourth-order valence-electron chi connectivity index (χ4n) is 4.52. The topological polar surface area (TPSA) is 153 Å². The van der Waals surface area contributed by atoms with Crippen molar-refractivity contribution < 1.29 is 27.9 Å². The highest BCUT2D eigenvalue weighted by Crippen LogP contribution is 2.26. The van der Waals surface area contributed by atoms with Gasteiger partial charge < -0.3 is 15.3 Å². The summed E-state index contributed by atoms with van der Waals surface area (Å²) in [7, 11) is 0. The van der Waals surface area contributed by atoms with E-state index in [0.29, 0.717) is 15.6 Å². The number of rotatable bonds is 8. The Balaban J connectivity index is 1.45. The van der Waals surface area contributed by atoms with Crippen LogP contribution in [-0.4, -0.2) is 81.4 Å². The number of carbonyl (C=O) groups is 2. The number of nitrogens with zero attached hydrogens (tertiary/aromatic N) is 8. The third-order valence-electron chi connectivity index (χ3n) is 6.72. The first-order chi connectivity index (χ1) is 20.4. The van der Waals surface area contributed by atoms with Crippen molar-refractivity contribution >= 4 is 35.2 Å². The Bertz CT molecular complexity index is 1700. The van der Waals surface area contributed by atoms with Gasteiger partial charge in [-0.15, -0.1) is 10.2 Å². The molecule has 18 heteroatoms. The van der Waals surface area contributed by atoms with Gasteiger partial charge >= 0.3 is 18.0 Å². The van der Waals surface area contributed by atoms with E-state index in [-0.39, 0.29) is 43.5 Å². The highest BCUT2D eigenvalue weighted by atomic mass is 35.5. The van der Waals surface area contributed by atoms with Crippen molar-refractivity contribution in [3.05, 3.63) is 75.3 Å². The molecule has 1 aliphatic rings. The van der Waals surface area contributed by atoms with Gasteiger partial charge in [-0.1, -0.05) is 23.2 Å². The zero-order valence-corrected chi connectivity index (χ0v) is 23.5. The summed E-state index contributed by atoms with van der Waals surface area (Å²) < 4.78 is 45.6. The summed E-state index contributed by atoms with van der Waals surface area (Å²) in [6, 6.07) is 6.69. The standard InChI is InChI=1S/C25H22Cl2F3N9O4/c26-16-5-3-14(4-6-16)20-35-38(12-19-32-13-39(34-19)21-17(27)2-1-8-31-21)23(41)37(20)11-18(25(28,29)30)33-22(40)15-7-9-36(10-15)24(42)43/h1-6,8,13,15,18H,7,9-12H2,(H,33,40)(H,42,43). The lowest BCUT2D eigenvalue weighted by atomic mass is 10.1. The molecule has 0 aliphatic carbocycles. The minimum atomic E-state index is -4.96. The van der Waals surface area contributed by atoms with Gasteiger partial charge in [0.25, 0.3) is 0 Å². The fourth-order valence-corrected chi connectivity index (χ4v) is 4.86. The van der Waals surface area contributed by atoms with Gasteiger partial charge in [-0.3, -0.25) is 9.36 Å². The van der Waals surface area contributed by atoms with Crippen LogP contribution >= 0.6 is 23.2 Å². The molecule has 4 heterocycles. The zero-order chi connectivity index (χ0) is 30.9. The number of amides is 2. The predicted molar refractivity (Wildman–Crippen MR) is 146 cm³/mol. The van der Waals surface area contributed by atoms with Crippen molar-refractivity contribution in [2.75, 3.05) is 13.1 Å². The molecule has 1 saturated heterocycles. The lowest BCUT2D eigenvalue weighted by Gasteiger charge is -2.24. The van der Waals surface area contributed by atoms with E-state index in [1.54, 1.807) is 12.1 Å². The third kappa shape index (κ3) is 6.64. The summed E-state index contributed by atoms with van der Waals surface area (Å²) in [5, 5.41) is 20.2. The number of alkyl halides is 3. The van der Waals surface area contributed by atoms with Crippen molar-refractivity contribution in [1.82, 2.24) is 44.3 Å². The molecular weight excluding hydrogens is 618 g/mol. The van der Waals surface area contributed by atoms with E-state index >= 15 is 0 Å². The molecular formula is C25H22Cl2F3N9O4. The number of carbonyl (C=O) groups excluding carboxylic acids is 1. The van der Waals surface area contributed by atoms with E-state index in [1.165, 1.54) is 41.5 Å². The Hall–Kier alpha value is -4.44. The number of aromatic nitrogens is 7. The van der Waals surface area contributed by atoms with Crippen LogP contribution in [0.1, 0.15) is 12.2 Å². The smallest absolute Gasteiger partial charge is 0.410 e. The van der Waals surface area contributed by atoms with Crippen LogP contribution in [0, 0.1) is 5.92 Å². The molecule has 0 saturated carbocycles. The van der Waals surface area contributed by atoms with E-state index in [2.05, 4.69) is 20.2 Å². The van der Waals surface area contributed by atoms with Crippen molar-refractivity contribution in [3.63, 3.8) is 0 Å². The molecule has 226 valence electrons. The molecule has 2 amide bonds. The van der Waals surface area contributed by atoms with Crippen LogP contribution < -0.4 is 11.0 Å². The lowest BCUT2D eigenvalue weighted by Crippen LogP contribution is -2.51. The van der Waals surface area contributed by atoms with Crippen LogP contribution in [0.4, 0.5) is 18.0 Å². The maximum absolute atomic E-state index is 14.2. The van der Waals surface area contributed by atoms with E-state index in [4.69, 9.17) is 28.3 Å². The molecule has 2 unspecified atom stereocenters. The number of hydrogen-bond donors (Lipinski definition) is 2. The van der Waals surface area contributed by atoms with Crippen molar-refractivity contribution in [1.29, 1.82) is 0 Å². The number of halogens is 5. The first-order valence-electron chi connectivity index (χ1n) is 12.7. The van der Waals surface area contributed by atoms with Gasteiger partial charge in [0.1, 0.15) is 18.9 Å². The molecule has 0 bridgehead atoms. The zero-order valence-electron chi connectivity index (χ0n) is 21.9. The fraction of sp³-hybridized carbons (Fsp3) is 0.320. The van der Waals surface area contributed by atoms with Gasteiger partial charge in [-0.05, 0) is 42.8 Å². The summed E-state index contributed by atoms with van der Waals surface area (Å²) in [6.07, 6.45) is -3.34. The Morgan fingerprint density at radius 3 is 2.51 bits per heavy atom. The van der Waals surface area contributed by atoms with Crippen LogP contribution in [0.3, 0.4) is 0 Å². The Morgan fingerprint density at radius 1 is 1.12 bits per heavy atom. The van der Waals surface area contributed by atoms with Crippen molar-refractivity contribution in [3.8, 4) is 17.2 Å². The van der Waals surface area contributed by atoms with Crippen molar-refractivity contribution in [2.45, 2.75) is 31.7 Å². The first-order valence-corrected chi connectivity index (χ1v) is 13.5. The number of pyridine rings is 1. The Kier molecular flexibility index (Phi) is 8.41. The minimum absolute atomic E-state index is 0.0212. The van der Waals surface area contributed by atoms with Crippen LogP contribution in [0.25, 0.3) is 17.2 Å². The number of nitrogens with one attached hydrogen (secondary N) is 1. The Labute approximate surface area is 250 Å². The SMILES string of the molecule is O=C(NC(Cn1c(-c2ccc(Cl)cc2)nn(Cc2ncn(-c3ncccc3Cl)n2)c1=O)C(F)(F)F)C1CCN(C(=O)O)C1. The minimum Gasteiger partial charge on any atom is -0.465 e. The molecule has 0 radical (unpaired) electrons.